The van der Waals surface area contributed by atoms with Gasteiger partial charge in [0.1, 0.15) is 5.82 Å². The van der Waals surface area contributed by atoms with E-state index in [1.165, 1.54) is 11.1 Å². The quantitative estimate of drug-likeness (QED) is 0.161. The Morgan fingerprint density at radius 1 is 0.600 bits per heavy atom. The summed E-state index contributed by atoms with van der Waals surface area (Å²) < 4.78 is 26.6. The third kappa shape index (κ3) is 4.91. The molecule has 0 spiro atoms. The first-order chi connectivity index (χ1) is 27.9. The van der Waals surface area contributed by atoms with Crippen molar-refractivity contribution in [2.75, 3.05) is 16.5 Å². The van der Waals surface area contributed by atoms with Crippen molar-refractivity contribution in [3.63, 3.8) is 0 Å². The average molecular weight is 889 g/mol. The molecule has 0 N–H and O–H groups in total. The van der Waals surface area contributed by atoms with Gasteiger partial charge in [-0.25, -0.2) is 4.98 Å². The van der Waals surface area contributed by atoms with Crippen molar-refractivity contribution < 1.29 is 25.2 Å². The number of benzene rings is 7. The zero-order chi connectivity index (χ0) is 38.3. The molecule has 9 aromatic rings. The van der Waals surface area contributed by atoms with E-state index in [9.17, 15) is 0 Å². The summed E-state index contributed by atoms with van der Waals surface area (Å²) in [5.74, 6) is 0.536. The summed E-state index contributed by atoms with van der Waals surface area (Å²) in [7, 11) is 0. The third-order valence-electron chi connectivity index (χ3n) is 11.2. The van der Waals surface area contributed by atoms with Crippen LogP contribution in [0.25, 0.3) is 38.8 Å². The summed E-state index contributed by atoms with van der Waals surface area (Å²) >= 11 is 0. The van der Waals surface area contributed by atoms with E-state index >= 15 is 0 Å². The van der Waals surface area contributed by atoms with Crippen molar-refractivity contribution in [2.45, 2.75) is 12.3 Å². The molecule has 0 bridgehead atoms. The molecule has 7 aromatic carbocycles. The largest absolute Gasteiger partial charge is 2.00 e. The molecule has 0 saturated carbocycles. The summed E-state index contributed by atoms with van der Waals surface area (Å²) in [6.45, 7) is -1.63. The summed E-state index contributed by atoms with van der Waals surface area (Å²) in [6, 6.07) is 66.8. The fourth-order valence-corrected chi connectivity index (χ4v) is 8.93. The Labute approximate surface area is 339 Å². The van der Waals surface area contributed by atoms with Crippen molar-refractivity contribution in [1.29, 1.82) is 0 Å². The van der Waals surface area contributed by atoms with E-state index in [4.69, 9.17) is 9.10 Å². The number of fused-ring (bicyclic) bond motifs is 7. The van der Waals surface area contributed by atoms with Crippen LogP contribution in [0.3, 0.4) is 0 Å². The molecule has 1 aliphatic carbocycles. The molecular weight excluding hydrogens is 852 g/mol. The zero-order valence-electron chi connectivity index (χ0n) is 32.6. The van der Waals surface area contributed by atoms with Crippen LogP contribution in [0.5, 0.6) is 0 Å². The first-order valence-corrected chi connectivity index (χ1v) is 18.3. The van der Waals surface area contributed by atoms with Gasteiger partial charge in [0.2, 0.25) is 0 Å². The first-order valence-electron chi connectivity index (χ1n) is 19.8. The summed E-state index contributed by atoms with van der Waals surface area (Å²) in [4.78, 5) is 9.45. The minimum atomic E-state index is -2.28. The maximum atomic E-state index is 8.18. The maximum Gasteiger partial charge on any atom is 2.00 e. The molecular formula is C50H34N4Pt. The minimum absolute atomic E-state index is 0. The number of nitrogens with zero attached hydrogens (tertiary/aromatic N) is 4. The first kappa shape index (κ1) is 30.1. The molecule has 264 valence electrons. The van der Waals surface area contributed by atoms with E-state index in [2.05, 4.69) is 172 Å². The Balaban J connectivity index is 0.00000408. The number of aromatic nitrogens is 2. The molecule has 0 unspecified atom stereocenters. The molecule has 0 saturated heterocycles. The summed E-state index contributed by atoms with van der Waals surface area (Å²) in [5.41, 5.74) is 12.2. The minimum Gasteiger partial charge on any atom is -0.345 e. The average Bonchev–Trinajstić information content (AvgIpc) is 3.91. The molecule has 5 heteroatoms. The zero-order valence-corrected chi connectivity index (χ0v) is 31.8. The molecule has 2 aliphatic rings. The van der Waals surface area contributed by atoms with E-state index in [1.54, 1.807) is 18.3 Å². The number of anilines is 4. The van der Waals surface area contributed by atoms with Crippen LogP contribution in [0.4, 0.5) is 22.7 Å². The Morgan fingerprint density at radius 3 is 2.05 bits per heavy atom. The van der Waals surface area contributed by atoms with Gasteiger partial charge < -0.3 is 14.4 Å². The monoisotopic (exact) mass is 888 g/mol. The van der Waals surface area contributed by atoms with Crippen LogP contribution in [0.1, 0.15) is 31.9 Å². The Hall–Kier alpha value is -6.22. The van der Waals surface area contributed by atoms with Gasteiger partial charge in [-0.2, -0.15) is 36.4 Å². The number of pyridine rings is 1. The molecule has 1 aliphatic heterocycles. The number of hydrogen-bond donors (Lipinski definition) is 0. The maximum absolute atomic E-state index is 8.18. The second-order valence-corrected chi connectivity index (χ2v) is 14.0. The van der Waals surface area contributed by atoms with Gasteiger partial charge in [0.15, 0.2) is 0 Å². The molecule has 2 aromatic heterocycles. The molecule has 11 rings (SSSR count). The van der Waals surface area contributed by atoms with Gasteiger partial charge >= 0.3 is 21.1 Å². The van der Waals surface area contributed by atoms with E-state index in [0.29, 0.717) is 12.5 Å². The molecule has 55 heavy (non-hydrogen) atoms. The van der Waals surface area contributed by atoms with Gasteiger partial charge in [-0.05, 0) is 82.5 Å². The van der Waals surface area contributed by atoms with Crippen LogP contribution in [-0.2, 0) is 26.5 Å². The predicted molar refractivity (Wildman–Crippen MR) is 220 cm³/mol. The molecule has 0 radical (unpaired) electrons. The number of aryl methyl sites for hydroxylation is 1. The fraction of sp³-hybridized carbons (Fsp3) is 0.0600. The van der Waals surface area contributed by atoms with Crippen LogP contribution in [0.2, 0.25) is 0 Å². The van der Waals surface area contributed by atoms with Crippen LogP contribution in [0, 0.1) is 19.0 Å². The van der Waals surface area contributed by atoms with Crippen molar-refractivity contribution in [3.8, 4) is 16.9 Å². The molecule has 0 fully saturated rings. The van der Waals surface area contributed by atoms with Gasteiger partial charge in [0.05, 0.1) is 18.0 Å². The van der Waals surface area contributed by atoms with Gasteiger partial charge in [-0.15, -0.1) is 22.6 Å². The van der Waals surface area contributed by atoms with Crippen molar-refractivity contribution in [1.82, 2.24) is 9.55 Å². The van der Waals surface area contributed by atoms with E-state index < -0.39 is 12.3 Å². The fourth-order valence-electron chi connectivity index (χ4n) is 8.93. The molecule has 4 nitrogen and oxygen atoms in total. The van der Waals surface area contributed by atoms with E-state index in [0.717, 1.165) is 66.8 Å². The summed E-state index contributed by atoms with van der Waals surface area (Å²) in [5, 5.41) is 2.06. The van der Waals surface area contributed by atoms with Crippen molar-refractivity contribution >= 4 is 44.6 Å². The second kappa shape index (κ2) is 13.0. The van der Waals surface area contributed by atoms with E-state index in [-0.39, 0.29) is 26.6 Å². The van der Waals surface area contributed by atoms with Gasteiger partial charge in [-0.1, -0.05) is 108 Å². The van der Waals surface area contributed by atoms with Gasteiger partial charge in [-0.3, -0.25) is 0 Å². The third-order valence-corrected chi connectivity index (χ3v) is 11.2. The Bertz CT molecular complexity index is 2980. The number of rotatable bonds is 5. The van der Waals surface area contributed by atoms with Crippen molar-refractivity contribution in [3.05, 3.63) is 216 Å². The Kier molecular flexibility index (Phi) is 7.11. The van der Waals surface area contributed by atoms with Gasteiger partial charge in [0.25, 0.3) is 0 Å². The standard InChI is InChI=1S/C50H34N4.Pt/c1-34-28-29-51-49(30-34)54-45-23-10-7-20-41(45)42-27-26-36(32-48(42)54)50(43-21-8-5-18-39(43)40-19-6-9-22-44(40)50)35-14-13-17-38(31-35)53-33-52(37-15-3-2-4-16-37)46-24-11-12-25-47(46)53;/h2-30H,33H2,1H3;/q-2;+2/i1D3;. The molecule has 0 atom stereocenters. The van der Waals surface area contributed by atoms with Gasteiger partial charge in [0, 0.05) is 26.9 Å². The molecule has 0 amide bonds. The number of para-hydroxylation sites is 4. The van der Waals surface area contributed by atoms with Crippen molar-refractivity contribution in [2.24, 2.45) is 0 Å². The normalized spacial score (nSPS) is 14.8. The smallest absolute Gasteiger partial charge is 0.345 e. The number of hydrogen-bond acceptors (Lipinski definition) is 3. The predicted octanol–water partition coefficient (Wildman–Crippen LogP) is 11.7. The SMILES string of the molecule is [2H]C([2H])([2H])c1ccnc(-n2c3[c-]c(C4(c5[c-]c(N6CN(c7ccccc7)c7ccccc76)ccc5)c5ccccc5-c5ccccc54)ccc3c3ccccc32)c1.[Pt+2]. The van der Waals surface area contributed by atoms with Crippen LogP contribution in [-0.4, -0.2) is 16.2 Å². The van der Waals surface area contributed by atoms with Crippen LogP contribution in [0.15, 0.2) is 176 Å². The second-order valence-electron chi connectivity index (χ2n) is 14.0. The van der Waals surface area contributed by atoms with E-state index in [1.807, 2.05) is 12.1 Å². The Morgan fingerprint density at radius 2 is 1.27 bits per heavy atom. The van der Waals surface area contributed by atoms with Crippen LogP contribution < -0.4 is 9.80 Å². The summed E-state index contributed by atoms with van der Waals surface area (Å²) in [6.07, 6.45) is 1.59. The topological polar surface area (TPSA) is 24.3 Å². The van der Waals surface area contributed by atoms with Crippen LogP contribution >= 0.6 is 0 Å². The molecule has 3 heterocycles.